The summed E-state index contributed by atoms with van der Waals surface area (Å²) in [6.45, 7) is -0.746. The van der Waals surface area contributed by atoms with Crippen LogP contribution in [0.4, 0.5) is 0 Å². The van der Waals surface area contributed by atoms with Crippen molar-refractivity contribution in [2.24, 2.45) is 0 Å². The largest absolute Gasteiger partial charge is 0.287 e. The van der Waals surface area contributed by atoms with Gasteiger partial charge >= 0.3 is 0 Å². The summed E-state index contributed by atoms with van der Waals surface area (Å²) in [6, 6.07) is 14.4. The maximum absolute atomic E-state index is 11.6. The molecule has 0 amide bonds. The van der Waals surface area contributed by atoms with Crippen molar-refractivity contribution in [3.63, 3.8) is 0 Å². The van der Waals surface area contributed by atoms with E-state index in [0.717, 1.165) is 11.1 Å². The fraction of sp³-hybridized carbons (Fsp3) is 0.0714. The zero-order chi connectivity index (χ0) is 13.8. The van der Waals surface area contributed by atoms with E-state index in [2.05, 4.69) is 0 Å². The van der Waals surface area contributed by atoms with Gasteiger partial charge in [-0.2, -0.15) is 0 Å². The minimum Gasteiger partial charge on any atom is -0.287 e. The quantitative estimate of drug-likeness (QED) is 0.488. The van der Waals surface area contributed by atoms with Crippen LogP contribution in [0.1, 0.15) is 10.4 Å². The molecule has 0 aliphatic carbocycles. The topological polar surface area (TPSA) is 60.2 Å². The smallest absolute Gasteiger partial charge is 0.265 e. The molecular formula is C14H10ClNO3. The normalized spacial score (nSPS) is 10.2. The molecule has 0 N–H and O–H groups in total. The zero-order valence-electron chi connectivity index (χ0n) is 9.88. The number of carbonyl (C=O) groups is 1. The predicted octanol–water partition coefficient (Wildman–Crippen LogP) is 3.47. The van der Waals surface area contributed by atoms with Crippen molar-refractivity contribution in [1.29, 1.82) is 0 Å². The van der Waals surface area contributed by atoms with E-state index in [1.54, 1.807) is 12.1 Å². The second kappa shape index (κ2) is 5.63. The van der Waals surface area contributed by atoms with Crippen LogP contribution in [0.5, 0.6) is 0 Å². The number of hydrogen-bond donors (Lipinski definition) is 0. The van der Waals surface area contributed by atoms with Gasteiger partial charge in [0.25, 0.3) is 6.54 Å². The SMILES string of the molecule is O=C(C[N+](=O)[O-])c1ccc(-c2ccccc2)cc1Cl. The molecule has 0 bridgehead atoms. The molecule has 0 spiro atoms. The third-order valence-electron chi connectivity index (χ3n) is 2.65. The lowest BCUT2D eigenvalue weighted by Gasteiger charge is -2.05. The highest BCUT2D eigenvalue weighted by Crippen LogP contribution is 2.25. The number of ketones is 1. The van der Waals surface area contributed by atoms with Gasteiger partial charge in [0.2, 0.25) is 5.78 Å². The van der Waals surface area contributed by atoms with Gasteiger partial charge in [-0.05, 0) is 23.3 Å². The van der Waals surface area contributed by atoms with E-state index in [9.17, 15) is 14.9 Å². The lowest BCUT2D eigenvalue weighted by atomic mass is 10.0. The number of benzene rings is 2. The molecule has 2 aromatic carbocycles. The van der Waals surface area contributed by atoms with Crippen molar-refractivity contribution >= 4 is 17.4 Å². The number of halogens is 1. The van der Waals surface area contributed by atoms with E-state index in [1.165, 1.54) is 6.07 Å². The number of nitro groups is 1. The summed E-state index contributed by atoms with van der Waals surface area (Å²) in [6.07, 6.45) is 0. The number of Topliss-reactive ketones (excluding diaryl/α,β-unsaturated/α-hetero) is 1. The predicted molar refractivity (Wildman–Crippen MR) is 73.1 cm³/mol. The Morgan fingerprint density at radius 2 is 1.79 bits per heavy atom. The van der Waals surface area contributed by atoms with Gasteiger partial charge in [0.15, 0.2) is 0 Å². The van der Waals surface area contributed by atoms with Crippen molar-refractivity contribution in [2.75, 3.05) is 6.54 Å². The van der Waals surface area contributed by atoms with Crippen LogP contribution in [-0.4, -0.2) is 17.3 Å². The van der Waals surface area contributed by atoms with E-state index in [-0.39, 0.29) is 10.6 Å². The van der Waals surface area contributed by atoms with Crippen LogP contribution < -0.4 is 0 Å². The summed E-state index contributed by atoms with van der Waals surface area (Å²) in [5.41, 5.74) is 2.01. The fourth-order valence-electron chi connectivity index (χ4n) is 1.75. The molecule has 2 aromatic rings. The van der Waals surface area contributed by atoms with E-state index in [4.69, 9.17) is 11.6 Å². The molecule has 0 saturated heterocycles. The van der Waals surface area contributed by atoms with Gasteiger partial charge in [-0.3, -0.25) is 14.9 Å². The van der Waals surface area contributed by atoms with E-state index >= 15 is 0 Å². The standard InChI is InChI=1S/C14H10ClNO3/c15-13-8-11(10-4-2-1-3-5-10)6-7-12(13)14(17)9-16(18)19/h1-8H,9H2. The third-order valence-corrected chi connectivity index (χ3v) is 2.96. The maximum Gasteiger partial charge on any atom is 0.265 e. The van der Waals surface area contributed by atoms with Crippen molar-refractivity contribution < 1.29 is 9.72 Å². The van der Waals surface area contributed by atoms with Crippen molar-refractivity contribution in [3.8, 4) is 11.1 Å². The molecule has 0 aliphatic rings. The molecule has 0 unspecified atom stereocenters. The molecule has 0 saturated carbocycles. The van der Waals surface area contributed by atoms with Gasteiger partial charge in [0.05, 0.1) is 5.02 Å². The van der Waals surface area contributed by atoms with Crippen molar-refractivity contribution in [3.05, 3.63) is 69.2 Å². The number of rotatable bonds is 4. The van der Waals surface area contributed by atoms with Gasteiger partial charge in [-0.15, -0.1) is 0 Å². The molecule has 2 rings (SSSR count). The van der Waals surface area contributed by atoms with Crippen LogP contribution in [0.2, 0.25) is 5.02 Å². The molecule has 0 aromatic heterocycles. The Morgan fingerprint density at radius 1 is 1.11 bits per heavy atom. The van der Waals surface area contributed by atoms with E-state index < -0.39 is 17.3 Å². The molecule has 0 radical (unpaired) electrons. The van der Waals surface area contributed by atoms with Gasteiger partial charge in [0.1, 0.15) is 0 Å². The van der Waals surface area contributed by atoms with E-state index in [1.807, 2.05) is 30.3 Å². The van der Waals surface area contributed by atoms with Gasteiger partial charge in [0, 0.05) is 10.5 Å². The maximum atomic E-state index is 11.6. The lowest BCUT2D eigenvalue weighted by molar-refractivity contribution is -0.465. The average Bonchev–Trinajstić information content (AvgIpc) is 2.38. The highest BCUT2D eigenvalue weighted by Gasteiger charge is 2.16. The minimum absolute atomic E-state index is 0.179. The molecule has 0 aliphatic heterocycles. The first-order chi connectivity index (χ1) is 9.08. The van der Waals surface area contributed by atoms with Crippen LogP contribution in [0, 0.1) is 10.1 Å². The Morgan fingerprint density at radius 3 is 2.37 bits per heavy atom. The van der Waals surface area contributed by atoms with E-state index in [0.29, 0.717) is 0 Å². The summed E-state index contributed by atoms with van der Waals surface area (Å²) >= 11 is 6.01. The summed E-state index contributed by atoms with van der Waals surface area (Å²) in [5.74, 6) is -0.588. The highest BCUT2D eigenvalue weighted by molar-refractivity contribution is 6.34. The number of nitrogens with zero attached hydrogens (tertiary/aromatic N) is 1. The Kier molecular flexibility index (Phi) is 3.92. The summed E-state index contributed by atoms with van der Waals surface area (Å²) < 4.78 is 0. The van der Waals surface area contributed by atoms with Crippen LogP contribution in [-0.2, 0) is 0 Å². The molecule has 19 heavy (non-hydrogen) atoms. The number of hydrogen-bond acceptors (Lipinski definition) is 3. The monoisotopic (exact) mass is 275 g/mol. The Hall–Kier alpha value is -2.20. The highest BCUT2D eigenvalue weighted by atomic mass is 35.5. The first-order valence-corrected chi connectivity index (χ1v) is 5.95. The molecule has 5 heteroatoms. The molecule has 4 nitrogen and oxygen atoms in total. The lowest BCUT2D eigenvalue weighted by Crippen LogP contribution is -2.14. The summed E-state index contributed by atoms with van der Waals surface area (Å²) in [4.78, 5) is 21.3. The summed E-state index contributed by atoms with van der Waals surface area (Å²) in [5, 5.41) is 10.6. The molecular weight excluding hydrogens is 266 g/mol. The molecule has 0 fully saturated rings. The van der Waals surface area contributed by atoms with Crippen molar-refractivity contribution in [1.82, 2.24) is 0 Å². The minimum atomic E-state index is -0.746. The third kappa shape index (κ3) is 3.17. The number of carbonyl (C=O) groups excluding carboxylic acids is 1. The fourth-order valence-corrected chi connectivity index (χ4v) is 2.04. The molecule has 96 valence electrons. The second-order valence-electron chi connectivity index (χ2n) is 3.97. The van der Waals surface area contributed by atoms with Crippen LogP contribution in [0.3, 0.4) is 0 Å². The Bertz CT molecular complexity index is 626. The van der Waals surface area contributed by atoms with Gasteiger partial charge in [-0.1, -0.05) is 48.0 Å². The van der Waals surface area contributed by atoms with Gasteiger partial charge in [-0.25, -0.2) is 0 Å². The van der Waals surface area contributed by atoms with Crippen LogP contribution in [0.15, 0.2) is 48.5 Å². The Labute approximate surface area is 114 Å². The molecule has 0 heterocycles. The van der Waals surface area contributed by atoms with Crippen LogP contribution in [0.25, 0.3) is 11.1 Å². The Balaban J connectivity index is 2.32. The molecule has 0 atom stereocenters. The zero-order valence-corrected chi connectivity index (χ0v) is 10.6. The second-order valence-corrected chi connectivity index (χ2v) is 4.38. The van der Waals surface area contributed by atoms with Crippen LogP contribution >= 0.6 is 11.6 Å². The van der Waals surface area contributed by atoms with Gasteiger partial charge < -0.3 is 0 Å². The van der Waals surface area contributed by atoms with Crippen molar-refractivity contribution in [2.45, 2.75) is 0 Å². The summed E-state index contributed by atoms with van der Waals surface area (Å²) in [7, 11) is 0. The first-order valence-electron chi connectivity index (χ1n) is 5.58. The first kappa shape index (κ1) is 13.2. The average molecular weight is 276 g/mol.